The Hall–Kier alpha value is -1.22. The van der Waals surface area contributed by atoms with Crippen LogP contribution >= 0.6 is 0 Å². The minimum atomic E-state index is -0.247. The van der Waals surface area contributed by atoms with E-state index in [4.69, 9.17) is 4.74 Å². The molecule has 0 N–H and O–H groups in total. The molecule has 1 aromatic heterocycles. The number of ether oxygens (including phenoxy) is 1. The molecule has 0 bridgehead atoms. The van der Waals surface area contributed by atoms with Crippen molar-refractivity contribution in [1.29, 1.82) is 0 Å². The molecule has 0 radical (unpaired) electrons. The zero-order chi connectivity index (χ0) is 11.8. The van der Waals surface area contributed by atoms with E-state index in [1.807, 2.05) is 19.1 Å². The van der Waals surface area contributed by atoms with Crippen LogP contribution in [0.25, 0.3) is 0 Å². The molecule has 3 nitrogen and oxygen atoms in total. The summed E-state index contributed by atoms with van der Waals surface area (Å²) in [5, 5.41) is 0. The van der Waals surface area contributed by atoms with E-state index in [2.05, 4.69) is 11.9 Å². The molecule has 88 valence electrons. The lowest BCUT2D eigenvalue weighted by molar-refractivity contribution is -0.130. The summed E-state index contributed by atoms with van der Waals surface area (Å²) >= 11 is 0. The molecule has 0 saturated heterocycles. The fourth-order valence-electron chi connectivity index (χ4n) is 1.62. The highest BCUT2D eigenvalue weighted by Crippen LogP contribution is 2.08. The molecule has 1 atom stereocenters. The molecular formula is C13H19NO2. The predicted octanol–water partition coefficient (Wildman–Crippen LogP) is 2.40. The van der Waals surface area contributed by atoms with Crippen LogP contribution in [0.2, 0.25) is 0 Å². The van der Waals surface area contributed by atoms with E-state index >= 15 is 0 Å². The summed E-state index contributed by atoms with van der Waals surface area (Å²) in [5.74, 6) is 0.162. The first-order chi connectivity index (χ1) is 7.77. The van der Waals surface area contributed by atoms with Crippen molar-refractivity contribution in [3.8, 4) is 0 Å². The molecule has 1 unspecified atom stereocenters. The van der Waals surface area contributed by atoms with Crippen LogP contribution in [0.4, 0.5) is 0 Å². The van der Waals surface area contributed by atoms with Gasteiger partial charge in [0.25, 0.3) is 0 Å². The number of ketones is 1. The number of rotatable bonds is 7. The van der Waals surface area contributed by atoms with Gasteiger partial charge in [0.15, 0.2) is 5.78 Å². The lowest BCUT2D eigenvalue weighted by Crippen LogP contribution is -2.25. The number of carbonyl (C=O) groups is 1. The van der Waals surface area contributed by atoms with Crippen molar-refractivity contribution in [1.82, 2.24) is 4.98 Å². The van der Waals surface area contributed by atoms with Crippen LogP contribution in [0.3, 0.4) is 0 Å². The largest absolute Gasteiger partial charge is 0.371 e. The van der Waals surface area contributed by atoms with Gasteiger partial charge in [0.05, 0.1) is 0 Å². The third kappa shape index (κ3) is 4.11. The monoisotopic (exact) mass is 221 g/mol. The van der Waals surface area contributed by atoms with Gasteiger partial charge < -0.3 is 4.74 Å². The van der Waals surface area contributed by atoms with Gasteiger partial charge >= 0.3 is 0 Å². The predicted molar refractivity (Wildman–Crippen MR) is 63.3 cm³/mol. The molecule has 3 heteroatoms. The fourth-order valence-corrected chi connectivity index (χ4v) is 1.62. The number of aromatic nitrogens is 1. The first kappa shape index (κ1) is 12.8. The van der Waals surface area contributed by atoms with E-state index in [-0.39, 0.29) is 11.9 Å². The molecule has 16 heavy (non-hydrogen) atoms. The van der Waals surface area contributed by atoms with E-state index in [9.17, 15) is 4.79 Å². The van der Waals surface area contributed by atoms with E-state index < -0.39 is 0 Å². The van der Waals surface area contributed by atoms with Crippen LogP contribution in [0.5, 0.6) is 0 Å². The van der Waals surface area contributed by atoms with Crippen molar-refractivity contribution in [2.75, 3.05) is 6.61 Å². The van der Waals surface area contributed by atoms with Crippen molar-refractivity contribution in [2.24, 2.45) is 0 Å². The zero-order valence-electron chi connectivity index (χ0n) is 9.98. The number of hydrogen-bond donors (Lipinski definition) is 0. The van der Waals surface area contributed by atoms with Crippen LogP contribution in [-0.4, -0.2) is 23.5 Å². The van der Waals surface area contributed by atoms with Crippen LogP contribution in [0.1, 0.15) is 32.3 Å². The zero-order valence-corrected chi connectivity index (χ0v) is 9.98. The van der Waals surface area contributed by atoms with Gasteiger partial charge in [-0.1, -0.05) is 13.3 Å². The maximum Gasteiger partial charge on any atom is 0.165 e. The summed E-state index contributed by atoms with van der Waals surface area (Å²) < 4.78 is 5.45. The molecule has 0 spiro atoms. The molecule has 1 heterocycles. The molecule has 0 aliphatic rings. The van der Waals surface area contributed by atoms with Gasteiger partial charge in [0.2, 0.25) is 0 Å². The van der Waals surface area contributed by atoms with Crippen LogP contribution in [0.15, 0.2) is 24.5 Å². The molecule has 0 saturated carbocycles. The third-order valence-electron chi connectivity index (χ3n) is 2.41. The molecule has 0 aliphatic heterocycles. The molecule has 1 rings (SSSR count). The van der Waals surface area contributed by atoms with Gasteiger partial charge in [0.1, 0.15) is 6.10 Å². The summed E-state index contributed by atoms with van der Waals surface area (Å²) in [6, 6.07) is 3.74. The number of Topliss-reactive ketones (excluding diaryl/α,β-unsaturated/α-hetero) is 1. The molecule has 0 aromatic carbocycles. The van der Waals surface area contributed by atoms with Crippen molar-refractivity contribution in [3.63, 3.8) is 0 Å². The Kier molecular flexibility index (Phi) is 5.72. The second-order valence-electron chi connectivity index (χ2n) is 3.73. The highest BCUT2D eigenvalue weighted by molar-refractivity contribution is 5.85. The van der Waals surface area contributed by atoms with Crippen LogP contribution < -0.4 is 0 Å². The Labute approximate surface area is 96.8 Å². The van der Waals surface area contributed by atoms with Gasteiger partial charge in [0, 0.05) is 25.4 Å². The lowest BCUT2D eigenvalue weighted by atomic mass is 10.0. The van der Waals surface area contributed by atoms with Gasteiger partial charge in [-0.2, -0.15) is 0 Å². The molecule has 0 amide bonds. The highest BCUT2D eigenvalue weighted by Gasteiger charge is 2.17. The van der Waals surface area contributed by atoms with E-state index in [0.29, 0.717) is 13.0 Å². The average molecular weight is 221 g/mol. The van der Waals surface area contributed by atoms with Gasteiger partial charge in [-0.15, -0.1) is 0 Å². The van der Waals surface area contributed by atoms with Crippen molar-refractivity contribution in [3.05, 3.63) is 30.1 Å². The van der Waals surface area contributed by atoms with E-state index in [0.717, 1.165) is 18.4 Å². The quantitative estimate of drug-likeness (QED) is 0.709. The first-order valence-corrected chi connectivity index (χ1v) is 5.81. The van der Waals surface area contributed by atoms with Crippen molar-refractivity contribution < 1.29 is 9.53 Å². The Morgan fingerprint density at radius 2 is 2.06 bits per heavy atom. The normalized spacial score (nSPS) is 12.4. The summed E-state index contributed by atoms with van der Waals surface area (Å²) in [4.78, 5) is 15.9. The number of hydrogen-bond acceptors (Lipinski definition) is 3. The van der Waals surface area contributed by atoms with Gasteiger partial charge in [-0.05, 0) is 31.0 Å². The van der Waals surface area contributed by atoms with E-state index in [1.54, 1.807) is 12.4 Å². The minimum absolute atomic E-state index is 0.162. The average Bonchev–Trinajstić information content (AvgIpc) is 2.30. The first-order valence-electron chi connectivity index (χ1n) is 5.81. The third-order valence-corrected chi connectivity index (χ3v) is 2.41. The molecule has 0 aliphatic carbocycles. The second-order valence-corrected chi connectivity index (χ2v) is 3.73. The van der Waals surface area contributed by atoms with Gasteiger partial charge in [-0.3, -0.25) is 9.78 Å². The highest BCUT2D eigenvalue weighted by atomic mass is 16.5. The second kappa shape index (κ2) is 7.12. The van der Waals surface area contributed by atoms with Gasteiger partial charge in [-0.25, -0.2) is 0 Å². The standard InChI is InChI=1S/C13H19NO2/c1-3-5-13(16-4-2)12(15)10-11-6-8-14-9-7-11/h6-9,13H,3-5,10H2,1-2H3. The Balaban J connectivity index is 2.55. The molecular weight excluding hydrogens is 202 g/mol. The fraction of sp³-hybridized carbons (Fsp3) is 0.538. The number of carbonyl (C=O) groups excluding carboxylic acids is 1. The van der Waals surface area contributed by atoms with Crippen LogP contribution in [-0.2, 0) is 16.0 Å². The summed E-state index contributed by atoms with van der Waals surface area (Å²) in [6.45, 7) is 4.57. The van der Waals surface area contributed by atoms with Crippen molar-refractivity contribution in [2.45, 2.75) is 39.2 Å². The number of pyridine rings is 1. The topological polar surface area (TPSA) is 39.2 Å². The molecule has 1 aromatic rings. The maximum atomic E-state index is 11.9. The Morgan fingerprint density at radius 1 is 1.38 bits per heavy atom. The minimum Gasteiger partial charge on any atom is -0.371 e. The maximum absolute atomic E-state index is 11.9. The lowest BCUT2D eigenvalue weighted by Gasteiger charge is -2.14. The van der Waals surface area contributed by atoms with Crippen LogP contribution in [0, 0.1) is 0 Å². The Morgan fingerprint density at radius 3 is 2.62 bits per heavy atom. The summed E-state index contributed by atoms with van der Waals surface area (Å²) in [7, 11) is 0. The smallest absolute Gasteiger partial charge is 0.165 e. The molecule has 0 fully saturated rings. The Bertz CT molecular complexity index is 305. The summed E-state index contributed by atoms with van der Waals surface area (Å²) in [6.07, 6.45) is 5.37. The number of nitrogens with zero attached hydrogens (tertiary/aromatic N) is 1. The van der Waals surface area contributed by atoms with Crippen molar-refractivity contribution >= 4 is 5.78 Å². The van der Waals surface area contributed by atoms with E-state index in [1.165, 1.54) is 0 Å². The SMILES string of the molecule is CCCC(OCC)C(=O)Cc1ccncc1. The summed E-state index contributed by atoms with van der Waals surface area (Å²) in [5.41, 5.74) is 1.00.